The molecule has 3 saturated heterocycles. The van der Waals surface area contributed by atoms with Crippen molar-refractivity contribution in [3.63, 3.8) is 0 Å². The smallest absolute Gasteiger partial charge is 0.223 e. The topological polar surface area (TPSA) is 36.0 Å². The molecule has 5 heteroatoms. The summed E-state index contributed by atoms with van der Waals surface area (Å²) in [5, 5.41) is 0. The fourth-order valence-corrected chi connectivity index (χ4v) is 4.34. The van der Waals surface area contributed by atoms with Crippen molar-refractivity contribution in [1.29, 1.82) is 0 Å². The van der Waals surface area contributed by atoms with Crippen LogP contribution in [0.4, 0.5) is 0 Å². The van der Waals surface area contributed by atoms with Crippen LogP contribution in [0.25, 0.3) is 0 Å². The van der Waals surface area contributed by atoms with E-state index in [1.54, 1.807) is 0 Å². The van der Waals surface area contributed by atoms with Crippen molar-refractivity contribution < 1.29 is 9.53 Å². The molecule has 0 aromatic heterocycles. The number of piperazine rings is 1. The van der Waals surface area contributed by atoms with Gasteiger partial charge in [0.15, 0.2) is 0 Å². The summed E-state index contributed by atoms with van der Waals surface area (Å²) in [6.45, 7) is 9.04. The molecule has 24 heavy (non-hydrogen) atoms. The molecule has 0 spiro atoms. The Balaban J connectivity index is 1.35. The minimum absolute atomic E-state index is 0.365. The Morgan fingerprint density at radius 1 is 0.833 bits per heavy atom. The number of carbonyl (C=O) groups is 1. The Morgan fingerprint density at radius 2 is 1.46 bits per heavy atom. The van der Waals surface area contributed by atoms with Crippen molar-refractivity contribution in [3.05, 3.63) is 0 Å². The van der Waals surface area contributed by atoms with Gasteiger partial charge in [-0.1, -0.05) is 19.3 Å². The molecule has 0 aromatic rings. The third-order valence-corrected chi connectivity index (χ3v) is 5.96. The van der Waals surface area contributed by atoms with Gasteiger partial charge in [-0.2, -0.15) is 0 Å². The number of carbonyl (C=O) groups excluding carboxylic acids is 1. The zero-order valence-corrected chi connectivity index (χ0v) is 15.3. The van der Waals surface area contributed by atoms with Crippen molar-refractivity contribution in [2.45, 2.75) is 57.4 Å². The molecule has 3 aliphatic heterocycles. The second-order valence-electron chi connectivity index (χ2n) is 7.62. The van der Waals surface area contributed by atoms with Crippen LogP contribution in [0.2, 0.25) is 0 Å². The number of nitrogens with zero attached hydrogens (tertiary/aromatic N) is 3. The maximum absolute atomic E-state index is 12.5. The lowest BCUT2D eigenvalue weighted by Gasteiger charge is -2.40. The molecule has 0 saturated carbocycles. The van der Waals surface area contributed by atoms with Crippen molar-refractivity contribution in [2.75, 3.05) is 59.0 Å². The third-order valence-electron chi connectivity index (χ3n) is 5.96. The first-order chi connectivity index (χ1) is 11.8. The second kappa shape index (κ2) is 9.73. The maximum Gasteiger partial charge on any atom is 0.223 e. The van der Waals surface area contributed by atoms with E-state index < -0.39 is 0 Å². The minimum Gasteiger partial charge on any atom is -0.381 e. The Hall–Kier alpha value is -0.650. The normalized spacial score (nSPS) is 26.1. The van der Waals surface area contributed by atoms with Gasteiger partial charge in [0.05, 0.1) is 0 Å². The molecule has 0 atom stereocenters. The largest absolute Gasteiger partial charge is 0.381 e. The highest BCUT2D eigenvalue weighted by atomic mass is 16.5. The summed E-state index contributed by atoms with van der Waals surface area (Å²) in [7, 11) is 0. The summed E-state index contributed by atoms with van der Waals surface area (Å²) < 4.78 is 5.46. The molecule has 0 N–H and O–H groups in total. The van der Waals surface area contributed by atoms with Crippen LogP contribution in [0.3, 0.4) is 0 Å². The van der Waals surface area contributed by atoms with Crippen molar-refractivity contribution in [2.24, 2.45) is 0 Å². The standard InChI is InChI=1S/C19H35N3O2/c23-19(6-11-20-9-4-2-1-3-5-10-20)22-14-12-21(13-15-22)18-7-16-24-17-8-18/h18H,1-17H2. The number of ether oxygens (including phenoxy) is 1. The summed E-state index contributed by atoms with van der Waals surface area (Å²) in [6, 6.07) is 0.678. The van der Waals surface area contributed by atoms with Crippen LogP contribution in [-0.4, -0.2) is 85.7 Å². The van der Waals surface area contributed by atoms with Crippen LogP contribution in [-0.2, 0) is 9.53 Å². The highest BCUT2D eigenvalue weighted by molar-refractivity contribution is 5.76. The van der Waals surface area contributed by atoms with Crippen LogP contribution < -0.4 is 0 Å². The molecule has 5 nitrogen and oxygen atoms in total. The van der Waals surface area contributed by atoms with E-state index in [2.05, 4.69) is 14.7 Å². The fraction of sp³-hybridized carbons (Fsp3) is 0.947. The SMILES string of the molecule is O=C(CCN1CCCCCCC1)N1CCN(C2CCOCC2)CC1. The molecular weight excluding hydrogens is 302 g/mol. The zero-order chi connectivity index (χ0) is 16.6. The van der Waals surface area contributed by atoms with Crippen LogP contribution in [0.15, 0.2) is 0 Å². The van der Waals surface area contributed by atoms with Gasteiger partial charge in [0.25, 0.3) is 0 Å². The summed E-state index contributed by atoms with van der Waals surface area (Å²) in [6.07, 6.45) is 9.74. The van der Waals surface area contributed by atoms with E-state index in [1.165, 1.54) is 45.2 Å². The van der Waals surface area contributed by atoms with Gasteiger partial charge in [-0.25, -0.2) is 0 Å². The van der Waals surface area contributed by atoms with Crippen LogP contribution >= 0.6 is 0 Å². The third kappa shape index (κ3) is 5.43. The minimum atomic E-state index is 0.365. The average Bonchev–Trinajstić information content (AvgIpc) is 2.61. The lowest BCUT2D eigenvalue weighted by atomic mass is 10.1. The maximum atomic E-state index is 12.5. The monoisotopic (exact) mass is 337 g/mol. The quantitative estimate of drug-likeness (QED) is 0.786. The summed E-state index contributed by atoms with van der Waals surface area (Å²) in [5.74, 6) is 0.365. The van der Waals surface area contributed by atoms with Crippen LogP contribution in [0, 0.1) is 0 Å². The molecular formula is C19H35N3O2. The average molecular weight is 338 g/mol. The Labute approximate surface area is 147 Å². The van der Waals surface area contributed by atoms with E-state index in [1.807, 2.05) is 0 Å². The van der Waals surface area contributed by atoms with E-state index in [-0.39, 0.29) is 0 Å². The number of amides is 1. The number of hydrogen-bond donors (Lipinski definition) is 0. The van der Waals surface area contributed by atoms with Gasteiger partial charge >= 0.3 is 0 Å². The number of likely N-dealkylation sites (tertiary alicyclic amines) is 1. The van der Waals surface area contributed by atoms with Gasteiger partial charge in [-0.15, -0.1) is 0 Å². The van der Waals surface area contributed by atoms with Gasteiger partial charge in [0.1, 0.15) is 0 Å². The van der Waals surface area contributed by atoms with Gasteiger partial charge in [-0.3, -0.25) is 9.69 Å². The predicted molar refractivity (Wildman–Crippen MR) is 96.1 cm³/mol. The van der Waals surface area contributed by atoms with Crippen molar-refractivity contribution >= 4 is 5.91 Å². The number of rotatable bonds is 4. The lowest BCUT2D eigenvalue weighted by Crippen LogP contribution is -2.53. The first kappa shape index (κ1) is 18.2. The highest BCUT2D eigenvalue weighted by Gasteiger charge is 2.27. The summed E-state index contributed by atoms with van der Waals surface area (Å²) >= 11 is 0. The van der Waals surface area contributed by atoms with E-state index in [0.717, 1.165) is 58.8 Å². The molecule has 3 fully saturated rings. The molecule has 0 aliphatic carbocycles. The van der Waals surface area contributed by atoms with E-state index in [0.29, 0.717) is 18.4 Å². The number of hydrogen-bond acceptors (Lipinski definition) is 4. The first-order valence-corrected chi connectivity index (χ1v) is 10.1. The summed E-state index contributed by atoms with van der Waals surface area (Å²) in [4.78, 5) is 19.7. The van der Waals surface area contributed by atoms with Crippen LogP contribution in [0.5, 0.6) is 0 Å². The molecule has 0 unspecified atom stereocenters. The summed E-state index contributed by atoms with van der Waals surface area (Å²) in [5.41, 5.74) is 0. The lowest BCUT2D eigenvalue weighted by molar-refractivity contribution is -0.134. The van der Waals surface area contributed by atoms with E-state index in [4.69, 9.17) is 4.74 Å². The highest BCUT2D eigenvalue weighted by Crippen LogP contribution is 2.17. The van der Waals surface area contributed by atoms with Crippen molar-refractivity contribution in [3.8, 4) is 0 Å². The molecule has 0 aromatic carbocycles. The molecule has 3 heterocycles. The van der Waals surface area contributed by atoms with E-state index in [9.17, 15) is 4.79 Å². The van der Waals surface area contributed by atoms with Gasteiger partial charge in [0.2, 0.25) is 5.91 Å². The fourth-order valence-electron chi connectivity index (χ4n) is 4.34. The molecule has 3 aliphatic rings. The molecule has 0 bridgehead atoms. The Morgan fingerprint density at radius 3 is 2.12 bits per heavy atom. The van der Waals surface area contributed by atoms with E-state index >= 15 is 0 Å². The Bertz CT molecular complexity index is 369. The zero-order valence-electron chi connectivity index (χ0n) is 15.3. The van der Waals surface area contributed by atoms with Crippen LogP contribution in [0.1, 0.15) is 51.4 Å². The van der Waals surface area contributed by atoms with Gasteiger partial charge < -0.3 is 14.5 Å². The van der Waals surface area contributed by atoms with Gasteiger partial charge in [0, 0.05) is 58.4 Å². The first-order valence-electron chi connectivity index (χ1n) is 10.1. The van der Waals surface area contributed by atoms with Crippen molar-refractivity contribution in [1.82, 2.24) is 14.7 Å². The Kier molecular flexibility index (Phi) is 7.36. The molecule has 138 valence electrons. The molecule has 0 radical (unpaired) electrons. The molecule has 1 amide bonds. The predicted octanol–water partition coefficient (Wildman–Crippen LogP) is 1.97. The molecule has 3 rings (SSSR count). The van der Waals surface area contributed by atoms with Gasteiger partial charge in [-0.05, 0) is 38.8 Å². The second-order valence-corrected chi connectivity index (χ2v) is 7.62.